The van der Waals surface area contributed by atoms with Gasteiger partial charge in [0.25, 0.3) is 0 Å². The third kappa shape index (κ3) is 3.31. The van der Waals surface area contributed by atoms with E-state index in [1.165, 1.54) is 6.42 Å². The van der Waals surface area contributed by atoms with Crippen LogP contribution >= 0.6 is 11.6 Å². The Morgan fingerprint density at radius 2 is 2.19 bits per heavy atom. The summed E-state index contributed by atoms with van der Waals surface area (Å²) in [6.45, 7) is 0. The normalized spacial score (nSPS) is 14.3. The minimum atomic E-state index is 0.448. The van der Waals surface area contributed by atoms with Gasteiger partial charge in [-0.2, -0.15) is 4.98 Å². The summed E-state index contributed by atoms with van der Waals surface area (Å²) in [6, 6.07) is 7.58. The zero-order valence-electron chi connectivity index (χ0n) is 11.3. The van der Waals surface area contributed by atoms with Crippen molar-refractivity contribution in [2.24, 2.45) is 0 Å². The van der Waals surface area contributed by atoms with Crippen LogP contribution in [0, 0.1) is 0 Å². The summed E-state index contributed by atoms with van der Waals surface area (Å²) in [5.74, 6) is 1.09. The van der Waals surface area contributed by atoms with Crippen LogP contribution in [0.4, 0.5) is 17.5 Å². The Labute approximate surface area is 127 Å². The van der Waals surface area contributed by atoms with Crippen LogP contribution in [0.15, 0.2) is 30.5 Å². The molecule has 1 heterocycles. The topological polar surface area (TPSA) is 66.9 Å². The molecule has 0 radical (unpaired) electrons. The molecule has 0 spiro atoms. The van der Waals surface area contributed by atoms with Gasteiger partial charge in [0.1, 0.15) is 11.3 Å². The minimum absolute atomic E-state index is 0.448. The predicted octanol–water partition coefficient (Wildman–Crippen LogP) is 3.65. The second kappa shape index (κ2) is 6.10. The molecule has 1 aromatic heterocycles. The number of hydrogen-bond donors (Lipinski definition) is 2. The summed E-state index contributed by atoms with van der Waals surface area (Å²) in [6.07, 6.45) is 5.90. The molecule has 3 rings (SSSR count). The van der Waals surface area contributed by atoms with Crippen LogP contribution in [-0.2, 0) is 0 Å². The molecule has 0 atom stereocenters. The van der Waals surface area contributed by atoms with E-state index < -0.39 is 0 Å². The first kappa shape index (κ1) is 13.8. The molecule has 1 fully saturated rings. The number of aromatic nitrogens is 2. The van der Waals surface area contributed by atoms with Crippen molar-refractivity contribution >= 4 is 35.3 Å². The van der Waals surface area contributed by atoms with Crippen molar-refractivity contribution in [3.05, 3.63) is 41.0 Å². The number of nitrogens with one attached hydrogen (secondary N) is 2. The maximum absolute atomic E-state index is 10.8. The van der Waals surface area contributed by atoms with Crippen molar-refractivity contribution in [2.75, 3.05) is 10.6 Å². The van der Waals surface area contributed by atoms with Crippen LogP contribution in [0.5, 0.6) is 0 Å². The standard InChI is InChI=1S/C15H15ClN4O/c16-13-8-17-15(20-14(13)18-11-4-2-5-11)19-12-6-1-3-10(7-12)9-21/h1,3,6-9,11H,2,4-5H2,(H2,17,18,19,20). The van der Waals surface area contributed by atoms with E-state index >= 15 is 0 Å². The average molecular weight is 303 g/mol. The van der Waals surface area contributed by atoms with Crippen molar-refractivity contribution in [3.8, 4) is 0 Å². The van der Waals surface area contributed by atoms with Gasteiger partial charge in [-0.1, -0.05) is 23.7 Å². The molecule has 1 saturated carbocycles. The highest BCUT2D eigenvalue weighted by Gasteiger charge is 2.19. The number of nitrogens with zero attached hydrogens (tertiary/aromatic N) is 2. The highest BCUT2D eigenvalue weighted by molar-refractivity contribution is 6.32. The van der Waals surface area contributed by atoms with Crippen molar-refractivity contribution in [3.63, 3.8) is 0 Å². The lowest BCUT2D eigenvalue weighted by molar-refractivity contribution is 0.112. The summed E-state index contributed by atoms with van der Waals surface area (Å²) < 4.78 is 0. The molecule has 1 aliphatic carbocycles. The Kier molecular flexibility index (Phi) is 4.01. The lowest BCUT2D eigenvalue weighted by Gasteiger charge is -2.27. The fourth-order valence-corrected chi connectivity index (χ4v) is 2.24. The van der Waals surface area contributed by atoms with Gasteiger partial charge in [0.2, 0.25) is 5.95 Å². The first-order valence-corrected chi connectivity index (χ1v) is 7.24. The number of rotatable bonds is 5. The Morgan fingerprint density at radius 3 is 2.90 bits per heavy atom. The average Bonchev–Trinajstić information content (AvgIpc) is 2.46. The second-order valence-corrected chi connectivity index (χ2v) is 5.44. The van der Waals surface area contributed by atoms with Crippen LogP contribution in [-0.4, -0.2) is 22.3 Å². The van der Waals surface area contributed by atoms with Crippen molar-refractivity contribution in [1.82, 2.24) is 9.97 Å². The Bertz CT molecular complexity index is 658. The largest absolute Gasteiger partial charge is 0.366 e. The third-order valence-electron chi connectivity index (χ3n) is 3.47. The van der Waals surface area contributed by atoms with E-state index in [9.17, 15) is 4.79 Å². The summed E-state index contributed by atoms with van der Waals surface area (Å²) >= 11 is 6.11. The van der Waals surface area contributed by atoms with Gasteiger partial charge in [0.05, 0.1) is 6.20 Å². The van der Waals surface area contributed by atoms with Gasteiger partial charge < -0.3 is 10.6 Å². The summed E-state index contributed by atoms with van der Waals surface area (Å²) in [5, 5.41) is 6.90. The molecule has 0 unspecified atom stereocenters. The maximum Gasteiger partial charge on any atom is 0.229 e. The van der Waals surface area contributed by atoms with Crippen LogP contribution in [0.25, 0.3) is 0 Å². The van der Waals surface area contributed by atoms with Gasteiger partial charge in [-0.15, -0.1) is 0 Å². The number of carbonyl (C=O) groups is 1. The number of anilines is 3. The molecule has 0 saturated heterocycles. The molecule has 21 heavy (non-hydrogen) atoms. The summed E-state index contributed by atoms with van der Waals surface area (Å²) in [7, 11) is 0. The number of aldehydes is 1. The van der Waals surface area contributed by atoms with E-state index in [0.717, 1.165) is 24.8 Å². The molecule has 2 aromatic rings. The smallest absolute Gasteiger partial charge is 0.229 e. The van der Waals surface area contributed by atoms with E-state index in [0.29, 0.717) is 28.4 Å². The van der Waals surface area contributed by atoms with Crippen LogP contribution in [0.1, 0.15) is 29.6 Å². The fourth-order valence-electron chi connectivity index (χ4n) is 2.09. The lowest BCUT2D eigenvalue weighted by atomic mass is 9.93. The molecular weight excluding hydrogens is 288 g/mol. The molecule has 2 N–H and O–H groups in total. The summed E-state index contributed by atoms with van der Waals surface area (Å²) in [4.78, 5) is 19.3. The van der Waals surface area contributed by atoms with Gasteiger partial charge in [-0.3, -0.25) is 4.79 Å². The quantitative estimate of drug-likeness (QED) is 0.825. The van der Waals surface area contributed by atoms with Gasteiger partial charge >= 0.3 is 0 Å². The first-order chi connectivity index (χ1) is 10.2. The molecular formula is C15H15ClN4O. The first-order valence-electron chi connectivity index (χ1n) is 6.86. The van der Waals surface area contributed by atoms with Crippen LogP contribution in [0.2, 0.25) is 5.02 Å². The zero-order chi connectivity index (χ0) is 14.7. The highest BCUT2D eigenvalue weighted by Crippen LogP contribution is 2.27. The molecule has 0 aliphatic heterocycles. The molecule has 0 amide bonds. The molecule has 1 aromatic carbocycles. The zero-order valence-corrected chi connectivity index (χ0v) is 12.1. The van der Waals surface area contributed by atoms with Gasteiger partial charge in [0.15, 0.2) is 5.82 Å². The third-order valence-corrected chi connectivity index (χ3v) is 3.75. The number of halogens is 1. The summed E-state index contributed by atoms with van der Waals surface area (Å²) in [5.41, 5.74) is 1.36. The number of hydrogen-bond acceptors (Lipinski definition) is 5. The van der Waals surface area contributed by atoms with Crippen LogP contribution in [0.3, 0.4) is 0 Å². The van der Waals surface area contributed by atoms with Gasteiger partial charge in [-0.25, -0.2) is 4.98 Å². The second-order valence-electron chi connectivity index (χ2n) is 5.03. The number of carbonyl (C=O) groups excluding carboxylic acids is 1. The highest BCUT2D eigenvalue weighted by atomic mass is 35.5. The molecule has 6 heteroatoms. The van der Waals surface area contributed by atoms with Gasteiger partial charge in [0, 0.05) is 17.3 Å². The van der Waals surface area contributed by atoms with E-state index in [1.54, 1.807) is 24.4 Å². The van der Waals surface area contributed by atoms with Gasteiger partial charge in [-0.05, 0) is 31.4 Å². The fraction of sp³-hybridized carbons (Fsp3) is 0.267. The molecule has 108 valence electrons. The van der Waals surface area contributed by atoms with E-state index in [-0.39, 0.29) is 0 Å². The maximum atomic E-state index is 10.8. The van der Waals surface area contributed by atoms with Crippen molar-refractivity contribution < 1.29 is 4.79 Å². The van der Waals surface area contributed by atoms with E-state index in [2.05, 4.69) is 20.6 Å². The molecule has 5 nitrogen and oxygen atoms in total. The Balaban J connectivity index is 1.78. The lowest BCUT2D eigenvalue weighted by Crippen LogP contribution is -2.27. The van der Waals surface area contributed by atoms with E-state index in [1.807, 2.05) is 6.07 Å². The Morgan fingerprint density at radius 1 is 1.33 bits per heavy atom. The van der Waals surface area contributed by atoms with E-state index in [4.69, 9.17) is 11.6 Å². The van der Waals surface area contributed by atoms with Crippen molar-refractivity contribution in [2.45, 2.75) is 25.3 Å². The minimum Gasteiger partial charge on any atom is -0.366 e. The molecule has 1 aliphatic rings. The monoisotopic (exact) mass is 302 g/mol. The van der Waals surface area contributed by atoms with Crippen molar-refractivity contribution in [1.29, 1.82) is 0 Å². The Hall–Kier alpha value is -2.14. The van der Waals surface area contributed by atoms with Crippen LogP contribution < -0.4 is 10.6 Å². The SMILES string of the molecule is O=Cc1cccc(Nc2ncc(Cl)c(NC3CCC3)n2)c1. The predicted molar refractivity (Wildman–Crippen MR) is 83.4 cm³/mol. The molecule has 0 bridgehead atoms. The number of benzene rings is 1.